The van der Waals surface area contributed by atoms with Crippen molar-refractivity contribution in [1.29, 1.82) is 0 Å². The molecular weight excluding hydrogens is 246 g/mol. The fourth-order valence-corrected chi connectivity index (χ4v) is 3.63. The summed E-state index contributed by atoms with van der Waals surface area (Å²) >= 11 is 0. The average Bonchev–Trinajstić information content (AvgIpc) is 2.36. The molecule has 0 bridgehead atoms. The lowest BCUT2D eigenvalue weighted by Crippen LogP contribution is -2.37. The first-order valence-electron chi connectivity index (χ1n) is 8.39. The molecule has 0 aromatic heterocycles. The average molecular weight is 284 g/mol. The molecule has 0 spiro atoms. The summed E-state index contributed by atoms with van der Waals surface area (Å²) in [5.41, 5.74) is 0.485. The van der Waals surface area contributed by atoms with Gasteiger partial charge in [-0.2, -0.15) is 0 Å². The fourth-order valence-electron chi connectivity index (χ4n) is 3.63. The molecule has 1 fully saturated rings. The maximum Gasteiger partial charge on any atom is 0.0622 e. The molecule has 2 nitrogen and oxygen atoms in total. The van der Waals surface area contributed by atoms with E-state index in [9.17, 15) is 0 Å². The molecule has 1 N–H and O–H groups in total. The summed E-state index contributed by atoms with van der Waals surface area (Å²) in [4.78, 5) is 0. The summed E-state index contributed by atoms with van der Waals surface area (Å²) in [5.74, 6) is 2.59. The molecular formula is C18H37NO. The minimum atomic E-state index is 0.0267. The number of methoxy groups -OCH3 is 1. The predicted octanol–water partition coefficient (Wildman–Crippen LogP) is 4.49. The Morgan fingerprint density at radius 1 is 1.05 bits per heavy atom. The topological polar surface area (TPSA) is 21.3 Å². The van der Waals surface area contributed by atoms with E-state index in [4.69, 9.17) is 4.74 Å². The maximum atomic E-state index is 5.60. The largest absolute Gasteiger partial charge is 0.379 e. The third-order valence-electron chi connectivity index (χ3n) is 5.50. The Morgan fingerprint density at radius 2 is 1.70 bits per heavy atom. The van der Waals surface area contributed by atoms with Gasteiger partial charge < -0.3 is 10.1 Å². The number of nitrogens with one attached hydrogen (secondary N) is 1. The lowest BCUT2D eigenvalue weighted by atomic mass is 9.64. The third kappa shape index (κ3) is 5.37. The first kappa shape index (κ1) is 18.0. The highest BCUT2D eigenvalue weighted by molar-refractivity contribution is 4.87. The molecule has 1 rings (SSSR count). The van der Waals surface area contributed by atoms with Crippen molar-refractivity contribution in [3.63, 3.8) is 0 Å². The van der Waals surface area contributed by atoms with Crippen molar-refractivity contribution in [2.75, 3.05) is 20.7 Å². The number of hydrogen-bond acceptors (Lipinski definition) is 2. The summed E-state index contributed by atoms with van der Waals surface area (Å²) in [6.07, 6.45) is 6.67. The van der Waals surface area contributed by atoms with Gasteiger partial charge in [0.05, 0.1) is 5.60 Å². The lowest BCUT2D eigenvalue weighted by Gasteiger charge is -2.42. The molecule has 20 heavy (non-hydrogen) atoms. The number of hydrogen-bond donors (Lipinski definition) is 1. The van der Waals surface area contributed by atoms with Crippen LogP contribution in [0.1, 0.15) is 66.7 Å². The van der Waals surface area contributed by atoms with E-state index in [1.165, 1.54) is 38.6 Å². The van der Waals surface area contributed by atoms with Crippen LogP contribution in [0.25, 0.3) is 0 Å². The zero-order valence-corrected chi connectivity index (χ0v) is 14.9. The lowest BCUT2D eigenvalue weighted by molar-refractivity contribution is 0.00132. The van der Waals surface area contributed by atoms with Gasteiger partial charge in [0.1, 0.15) is 0 Å². The molecule has 1 aliphatic rings. The first-order valence-corrected chi connectivity index (χ1v) is 8.39. The van der Waals surface area contributed by atoms with Crippen LogP contribution in [0.5, 0.6) is 0 Å². The first-order chi connectivity index (χ1) is 9.19. The van der Waals surface area contributed by atoms with Gasteiger partial charge in [-0.1, -0.05) is 20.8 Å². The number of rotatable bonds is 6. The molecule has 0 radical (unpaired) electrons. The van der Waals surface area contributed by atoms with Gasteiger partial charge in [0, 0.05) is 7.11 Å². The summed E-state index contributed by atoms with van der Waals surface area (Å²) in [7, 11) is 3.93. The van der Waals surface area contributed by atoms with E-state index in [-0.39, 0.29) is 5.60 Å². The molecule has 2 heteroatoms. The molecule has 0 saturated heterocycles. The van der Waals surface area contributed by atoms with Crippen LogP contribution in [0.15, 0.2) is 0 Å². The molecule has 0 aromatic carbocycles. The third-order valence-corrected chi connectivity index (χ3v) is 5.50. The molecule has 0 heterocycles. The van der Waals surface area contributed by atoms with Crippen molar-refractivity contribution >= 4 is 0 Å². The zero-order valence-electron chi connectivity index (χ0n) is 14.9. The van der Waals surface area contributed by atoms with Crippen LogP contribution in [0.3, 0.4) is 0 Å². The standard InChI is InChI=1S/C18H37NO/c1-17(2,3)16-9-8-15(13-19-6)14(12-16)10-11-18(4,5)20-7/h14-16,19H,8-13H2,1-7H3. The summed E-state index contributed by atoms with van der Waals surface area (Å²) < 4.78 is 5.60. The van der Waals surface area contributed by atoms with E-state index in [1.54, 1.807) is 0 Å². The van der Waals surface area contributed by atoms with E-state index in [2.05, 4.69) is 47.0 Å². The van der Waals surface area contributed by atoms with Crippen LogP contribution in [0, 0.1) is 23.2 Å². The van der Waals surface area contributed by atoms with Gasteiger partial charge in [0.2, 0.25) is 0 Å². The van der Waals surface area contributed by atoms with Gasteiger partial charge in [0.25, 0.3) is 0 Å². The van der Waals surface area contributed by atoms with Gasteiger partial charge in [-0.15, -0.1) is 0 Å². The second-order valence-corrected chi connectivity index (χ2v) is 8.46. The molecule has 0 aliphatic heterocycles. The van der Waals surface area contributed by atoms with Gasteiger partial charge in [0.15, 0.2) is 0 Å². The van der Waals surface area contributed by atoms with Crippen LogP contribution in [-0.4, -0.2) is 26.3 Å². The normalized spacial score (nSPS) is 28.6. The minimum absolute atomic E-state index is 0.0267. The van der Waals surface area contributed by atoms with Crippen LogP contribution in [0.2, 0.25) is 0 Å². The maximum absolute atomic E-state index is 5.60. The van der Waals surface area contributed by atoms with E-state index >= 15 is 0 Å². The Kier molecular flexibility index (Phi) is 6.53. The Labute approximate surface area is 127 Å². The quantitative estimate of drug-likeness (QED) is 0.775. The van der Waals surface area contributed by atoms with E-state index < -0.39 is 0 Å². The Morgan fingerprint density at radius 3 is 2.20 bits per heavy atom. The second-order valence-electron chi connectivity index (χ2n) is 8.46. The molecule has 120 valence electrons. The van der Waals surface area contributed by atoms with Crippen molar-refractivity contribution in [2.45, 2.75) is 72.3 Å². The van der Waals surface area contributed by atoms with Gasteiger partial charge in [-0.3, -0.25) is 0 Å². The van der Waals surface area contributed by atoms with E-state index in [1.807, 2.05) is 7.11 Å². The van der Waals surface area contributed by atoms with Crippen molar-refractivity contribution in [2.24, 2.45) is 23.2 Å². The highest BCUT2D eigenvalue weighted by atomic mass is 16.5. The van der Waals surface area contributed by atoms with Crippen LogP contribution in [-0.2, 0) is 4.74 Å². The van der Waals surface area contributed by atoms with Gasteiger partial charge in [-0.05, 0) is 82.7 Å². The summed E-state index contributed by atoms with van der Waals surface area (Å²) in [5, 5.41) is 3.40. The van der Waals surface area contributed by atoms with Gasteiger partial charge >= 0.3 is 0 Å². The molecule has 3 unspecified atom stereocenters. The fraction of sp³-hybridized carbons (Fsp3) is 1.00. The van der Waals surface area contributed by atoms with E-state index in [0.29, 0.717) is 5.41 Å². The summed E-state index contributed by atoms with van der Waals surface area (Å²) in [6.45, 7) is 12.8. The molecule has 1 aliphatic carbocycles. The molecule has 0 aromatic rings. The smallest absolute Gasteiger partial charge is 0.0622 e. The predicted molar refractivity (Wildman–Crippen MR) is 88.0 cm³/mol. The van der Waals surface area contributed by atoms with Gasteiger partial charge in [-0.25, -0.2) is 0 Å². The summed E-state index contributed by atoms with van der Waals surface area (Å²) in [6, 6.07) is 0. The van der Waals surface area contributed by atoms with Crippen molar-refractivity contribution in [1.82, 2.24) is 5.32 Å². The van der Waals surface area contributed by atoms with E-state index in [0.717, 1.165) is 17.8 Å². The molecule has 0 amide bonds. The molecule has 1 saturated carbocycles. The minimum Gasteiger partial charge on any atom is -0.379 e. The Balaban J connectivity index is 2.64. The van der Waals surface area contributed by atoms with Crippen molar-refractivity contribution in [3.05, 3.63) is 0 Å². The molecule has 3 atom stereocenters. The highest BCUT2D eigenvalue weighted by Crippen LogP contribution is 2.44. The Bertz CT molecular complexity index is 280. The highest BCUT2D eigenvalue weighted by Gasteiger charge is 2.36. The number of ether oxygens (including phenoxy) is 1. The van der Waals surface area contributed by atoms with Crippen LogP contribution < -0.4 is 5.32 Å². The van der Waals surface area contributed by atoms with Crippen molar-refractivity contribution in [3.8, 4) is 0 Å². The van der Waals surface area contributed by atoms with Crippen LogP contribution >= 0.6 is 0 Å². The zero-order chi connectivity index (χ0) is 15.4. The SMILES string of the molecule is CNCC1CCC(C(C)(C)C)CC1CCC(C)(C)OC. The van der Waals surface area contributed by atoms with Crippen molar-refractivity contribution < 1.29 is 4.74 Å². The van der Waals surface area contributed by atoms with Crippen LogP contribution in [0.4, 0.5) is 0 Å². The Hall–Kier alpha value is -0.0800. The second kappa shape index (κ2) is 7.26. The monoisotopic (exact) mass is 283 g/mol.